The van der Waals surface area contributed by atoms with Crippen LogP contribution in [0.5, 0.6) is 0 Å². The van der Waals surface area contributed by atoms with Crippen molar-refractivity contribution < 1.29 is 19.2 Å². The largest absolute Gasteiger partial charge is 0.368 e. The van der Waals surface area contributed by atoms with Crippen molar-refractivity contribution in [3.63, 3.8) is 0 Å². The molecule has 0 spiro atoms. The van der Waals surface area contributed by atoms with Gasteiger partial charge in [0.2, 0.25) is 0 Å². The van der Waals surface area contributed by atoms with Crippen LogP contribution in [0.2, 0.25) is 0 Å². The molecule has 0 fully saturated rings. The molecule has 2 aromatic heterocycles. The van der Waals surface area contributed by atoms with Crippen LogP contribution in [-0.4, -0.2) is 50.1 Å². The minimum atomic E-state index is -0.121. The highest BCUT2D eigenvalue weighted by atomic mass is 16.1. The molecular weight excluding hydrogens is 530 g/mol. The SMILES string of the molecule is CCCCCCNc1nnnc(-c2ccc[nH]2)c1CCc1ccccc1.O=C1C=CC(=O)C=C1.O=C1C=CC(=O)C=C1. The van der Waals surface area contributed by atoms with Crippen molar-refractivity contribution in [3.8, 4) is 11.4 Å². The Bertz CT molecular complexity index is 1330. The number of ketones is 4. The molecule has 0 saturated carbocycles. The average Bonchev–Trinajstić information content (AvgIpc) is 3.55. The van der Waals surface area contributed by atoms with Crippen LogP contribution < -0.4 is 5.32 Å². The van der Waals surface area contributed by atoms with Crippen molar-refractivity contribution in [2.45, 2.75) is 45.4 Å². The standard InChI is InChI=1S/C21H27N5.2C6H4O2/c1-2-3-4-8-15-23-21-18(14-13-17-10-6-5-7-11-17)20(24-26-25-21)19-12-9-16-22-19;2*7-5-1-2-6(8)4-3-5/h5-7,9-12,16,22H,2-4,8,13-15H2,1H3,(H,23,24,25);2*1-4H. The Morgan fingerprint density at radius 1 is 0.667 bits per heavy atom. The topological polar surface area (TPSA) is 135 Å². The number of unbranched alkanes of at least 4 members (excludes halogenated alkanes) is 3. The van der Waals surface area contributed by atoms with E-state index >= 15 is 0 Å². The molecule has 1 aromatic carbocycles. The van der Waals surface area contributed by atoms with Gasteiger partial charge in [0.15, 0.2) is 29.0 Å². The maximum Gasteiger partial charge on any atom is 0.178 e. The molecule has 0 unspecified atom stereocenters. The van der Waals surface area contributed by atoms with E-state index < -0.39 is 0 Å². The van der Waals surface area contributed by atoms with E-state index in [0.29, 0.717) is 0 Å². The van der Waals surface area contributed by atoms with Crippen LogP contribution in [-0.2, 0) is 32.0 Å². The van der Waals surface area contributed by atoms with Crippen molar-refractivity contribution in [3.05, 3.63) is 108 Å². The zero-order valence-electron chi connectivity index (χ0n) is 23.7. The number of rotatable bonds is 10. The number of benzene rings is 1. The molecule has 9 nitrogen and oxygen atoms in total. The first-order chi connectivity index (χ1) is 20.5. The van der Waals surface area contributed by atoms with E-state index in [1.54, 1.807) is 0 Å². The van der Waals surface area contributed by atoms with Crippen molar-refractivity contribution in [1.29, 1.82) is 0 Å². The molecule has 2 heterocycles. The van der Waals surface area contributed by atoms with Gasteiger partial charge in [-0.25, -0.2) is 0 Å². The molecule has 2 N–H and O–H groups in total. The van der Waals surface area contributed by atoms with Gasteiger partial charge in [0.25, 0.3) is 0 Å². The summed E-state index contributed by atoms with van der Waals surface area (Å²) in [5, 5.41) is 16.1. The number of carbonyl (C=O) groups is 4. The van der Waals surface area contributed by atoms with E-state index in [4.69, 9.17) is 0 Å². The van der Waals surface area contributed by atoms with E-state index in [1.807, 2.05) is 24.4 Å². The minimum absolute atomic E-state index is 0.121. The van der Waals surface area contributed by atoms with E-state index in [-0.39, 0.29) is 23.1 Å². The second-order valence-corrected chi connectivity index (χ2v) is 9.46. The Morgan fingerprint density at radius 2 is 1.26 bits per heavy atom. The molecule has 42 heavy (non-hydrogen) atoms. The first-order valence-corrected chi connectivity index (χ1v) is 14.0. The Labute approximate surface area is 245 Å². The Morgan fingerprint density at radius 3 is 1.79 bits per heavy atom. The summed E-state index contributed by atoms with van der Waals surface area (Å²) in [6.45, 7) is 3.15. The van der Waals surface area contributed by atoms with Crippen LogP contribution in [0.25, 0.3) is 11.4 Å². The van der Waals surface area contributed by atoms with Crippen LogP contribution >= 0.6 is 0 Å². The molecule has 0 amide bonds. The van der Waals surface area contributed by atoms with Crippen molar-refractivity contribution in [2.24, 2.45) is 0 Å². The van der Waals surface area contributed by atoms with E-state index in [9.17, 15) is 19.2 Å². The number of nitrogens with zero attached hydrogens (tertiary/aromatic N) is 3. The third-order valence-corrected chi connectivity index (χ3v) is 6.19. The van der Waals surface area contributed by atoms with Gasteiger partial charge in [-0.15, -0.1) is 10.2 Å². The molecule has 9 heteroatoms. The Kier molecular flexibility index (Phi) is 13.2. The number of carbonyl (C=O) groups excluding carboxylic acids is 4. The smallest absolute Gasteiger partial charge is 0.178 e. The first kappa shape index (κ1) is 31.5. The van der Waals surface area contributed by atoms with Crippen LogP contribution in [0.4, 0.5) is 5.82 Å². The summed E-state index contributed by atoms with van der Waals surface area (Å²) in [5.41, 5.74) is 4.31. The van der Waals surface area contributed by atoms with Crippen molar-refractivity contribution >= 4 is 29.0 Å². The van der Waals surface area contributed by atoms with Crippen LogP contribution in [0.3, 0.4) is 0 Å². The zero-order chi connectivity index (χ0) is 30.0. The fourth-order valence-corrected chi connectivity index (χ4v) is 3.97. The summed E-state index contributed by atoms with van der Waals surface area (Å²) in [4.78, 5) is 44.4. The molecule has 2 aliphatic carbocycles. The molecule has 0 saturated heterocycles. The summed E-state index contributed by atoms with van der Waals surface area (Å²) < 4.78 is 0. The lowest BCUT2D eigenvalue weighted by molar-refractivity contribution is -0.113. The third kappa shape index (κ3) is 11.2. The maximum atomic E-state index is 10.3. The highest BCUT2D eigenvalue weighted by molar-refractivity contribution is 6.14. The lowest BCUT2D eigenvalue weighted by atomic mass is 10.0. The number of aryl methyl sites for hydroxylation is 1. The third-order valence-electron chi connectivity index (χ3n) is 6.19. The van der Waals surface area contributed by atoms with Crippen molar-refractivity contribution in [1.82, 2.24) is 20.4 Å². The molecular formula is C33H35N5O4. The predicted molar refractivity (Wildman–Crippen MR) is 163 cm³/mol. The van der Waals surface area contributed by atoms with E-state index in [1.165, 1.54) is 73.4 Å². The number of hydrogen-bond acceptors (Lipinski definition) is 8. The van der Waals surface area contributed by atoms with Gasteiger partial charge < -0.3 is 10.3 Å². The van der Waals surface area contributed by atoms with Gasteiger partial charge >= 0.3 is 0 Å². The number of aromatic amines is 1. The van der Waals surface area contributed by atoms with Crippen LogP contribution in [0.1, 0.15) is 43.7 Å². The second-order valence-electron chi connectivity index (χ2n) is 9.46. The Hall–Kier alpha value is -5.05. The fourth-order valence-electron chi connectivity index (χ4n) is 3.97. The van der Waals surface area contributed by atoms with Crippen molar-refractivity contribution in [2.75, 3.05) is 11.9 Å². The highest BCUT2D eigenvalue weighted by Gasteiger charge is 2.15. The van der Waals surface area contributed by atoms with Crippen LogP contribution in [0.15, 0.2) is 97.3 Å². The van der Waals surface area contributed by atoms with Gasteiger partial charge in [0, 0.05) is 18.3 Å². The Balaban J connectivity index is 0.000000244. The number of H-pyrrole nitrogens is 1. The molecule has 2 aliphatic rings. The first-order valence-electron chi connectivity index (χ1n) is 14.0. The van der Waals surface area contributed by atoms with E-state index in [0.717, 1.165) is 48.6 Å². The second kappa shape index (κ2) is 17.6. The molecule has 0 bridgehead atoms. The van der Waals surface area contributed by atoms with Gasteiger partial charge in [0.05, 0.1) is 5.69 Å². The summed E-state index contributed by atoms with van der Waals surface area (Å²) >= 11 is 0. The minimum Gasteiger partial charge on any atom is -0.368 e. The summed E-state index contributed by atoms with van der Waals surface area (Å²) in [6.07, 6.45) is 18.7. The van der Waals surface area contributed by atoms with Crippen LogP contribution in [0, 0.1) is 0 Å². The highest BCUT2D eigenvalue weighted by Crippen LogP contribution is 2.25. The monoisotopic (exact) mass is 565 g/mol. The van der Waals surface area contributed by atoms with E-state index in [2.05, 4.69) is 56.9 Å². The molecule has 0 aliphatic heterocycles. The molecule has 0 atom stereocenters. The van der Waals surface area contributed by atoms with Gasteiger partial charge in [0.1, 0.15) is 5.69 Å². The predicted octanol–water partition coefficient (Wildman–Crippen LogP) is 5.15. The quantitative estimate of drug-likeness (QED) is 0.255. The zero-order valence-corrected chi connectivity index (χ0v) is 23.7. The lowest BCUT2D eigenvalue weighted by Crippen LogP contribution is -2.11. The molecule has 3 aromatic rings. The number of anilines is 1. The lowest BCUT2D eigenvalue weighted by Gasteiger charge is -2.13. The number of nitrogens with one attached hydrogen (secondary N) is 2. The van der Waals surface area contributed by atoms with Gasteiger partial charge in [-0.3, -0.25) is 19.2 Å². The number of aromatic nitrogens is 4. The molecule has 216 valence electrons. The molecule has 0 radical (unpaired) electrons. The van der Waals surface area contributed by atoms with Gasteiger partial charge in [-0.2, -0.15) is 0 Å². The molecule has 5 rings (SSSR count). The fraction of sp³-hybridized carbons (Fsp3) is 0.242. The summed E-state index contributed by atoms with van der Waals surface area (Å²) in [7, 11) is 0. The van der Waals surface area contributed by atoms with Gasteiger partial charge in [-0.05, 0) is 90.8 Å². The average molecular weight is 566 g/mol. The number of allylic oxidation sites excluding steroid dienone is 8. The summed E-state index contributed by atoms with van der Waals surface area (Å²) in [6, 6.07) is 14.5. The summed E-state index contributed by atoms with van der Waals surface area (Å²) in [5.74, 6) is 0.375. The van der Waals surface area contributed by atoms with Gasteiger partial charge in [-0.1, -0.05) is 56.5 Å². The maximum absolute atomic E-state index is 10.3. The number of hydrogen-bond donors (Lipinski definition) is 2. The normalized spacial score (nSPS) is 13.4.